The van der Waals surface area contributed by atoms with Crippen molar-refractivity contribution in [1.82, 2.24) is 10.6 Å². The van der Waals surface area contributed by atoms with E-state index >= 15 is 0 Å². The molecule has 3 rings (SSSR count). The summed E-state index contributed by atoms with van der Waals surface area (Å²) < 4.78 is 17.4. The van der Waals surface area contributed by atoms with Crippen molar-refractivity contribution in [3.63, 3.8) is 0 Å². The van der Waals surface area contributed by atoms with Gasteiger partial charge in [-0.15, -0.1) is 0 Å². The maximum absolute atomic E-state index is 13.4. The van der Waals surface area contributed by atoms with Crippen molar-refractivity contribution in [3.8, 4) is 5.75 Å². The first-order chi connectivity index (χ1) is 19.6. The summed E-state index contributed by atoms with van der Waals surface area (Å²) in [6.45, 7) is 10.7. The van der Waals surface area contributed by atoms with E-state index in [-0.39, 0.29) is 17.9 Å². The standard InChI is InChI=1S/C34H44N2O5/c1-25(2)20-31(36-33(38)41-34(3,4)5)32(37)35-29(24-39-22-27-12-8-6-9-13-27)21-26-16-18-30(19-17-26)40-23-28-14-10-7-11-15-28/h6-19,25,29,31H,20-24H2,1-5H3,(H,35,37)(H,36,38)/t29-,31-/m0/s1. The van der Waals surface area contributed by atoms with Gasteiger partial charge in [-0.3, -0.25) is 4.79 Å². The lowest BCUT2D eigenvalue weighted by atomic mass is 10.0. The van der Waals surface area contributed by atoms with Crippen LogP contribution >= 0.6 is 0 Å². The summed E-state index contributed by atoms with van der Waals surface area (Å²) in [5.74, 6) is 0.703. The number of rotatable bonds is 14. The second-order valence-electron chi connectivity index (χ2n) is 11.7. The van der Waals surface area contributed by atoms with E-state index in [1.54, 1.807) is 20.8 Å². The molecule has 0 aliphatic rings. The molecule has 0 saturated heterocycles. The molecule has 220 valence electrons. The van der Waals surface area contributed by atoms with Crippen molar-refractivity contribution in [1.29, 1.82) is 0 Å². The predicted molar refractivity (Wildman–Crippen MR) is 162 cm³/mol. The normalized spacial score (nSPS) is 12.8. The van der Waals surface area contributed by atoms with Crippen LogP contribution < -0.4 is 15.4 Å². The lowest BCUT2D eigenvalue weighted by molar-refractivity contribution is -0.124. The van der Waals surface area contributed by atoms with Crippen molar-refractivity contribution in [2.45, 2.75) is 78.4 Å². The minimum absolute atomic E-state index is 0.192. The molecule has 3 aromatic rings. The van der Waals surface area contributed by atoms with Gasteiger partial charge in [0.15, 0.2) is 0 Å². The van der Waals surface area contributed by atoms with Crippen LogP contribution in [0.25, 0.3) is 0 Å². The van der Waals surface area contributed by atoms with Crippen LogP contribution in [0, 0.1) is 5.92 Å². The molecule has 0 spiro atoms. The van der Waals surface area contributed by atoms with Crippen molar-refractivity contribution >= 4 is 12.0 Å². The monoisotopic (exact) mass is 560 g/mol. The third-order valence-corrected chi connectivity index (χ3v) is 6.15. The van der Waals surface area contributed by atoms with Crippen LogP contribution in [0.5, 0.6) is 5.75 Å². The number of ether oxygens (including phenoxy) is 3. The second kappa shape index (κ2) is 15.8. The molecule has 2 amide bonds. The Bertz CT molecular complexity index is 1190. The minimum Gasteiger partial charge on any atom is -0.489 e. The fourth-order valence-electron chi connectivity index (χ4n) is 4.25. The molecule has 0 radical (unpaired) electrons. The maximum Gasteiger partial charge on any atom is 0.408 e. The van der Waals surface area contributed by atoms with Gasteiger partial charge in [0.2, 0.25) is 5.91 Å². The SMILES string of the molecule is CC(C)C[C@H](NC(=O)OC(C)(C)C)C(=O)N[C@H](COCc1ccccc1)Cc1ccc(OCc2ccccc2)cc1. The van der Waals surface area contributed by atoms with Gasteiger partial charge in [0, 0.05) is 0 Å². The molecule has 0 aliphatic heterocycles. The van der Waals surface area contributed by atoms with Crippen molar-refractivity contribution < 1.29 is 23.8 Å². The summed E-state index contributed by atoms with van der Waals surface area (Å²) in [5.41, 5.74) is 2.53. The third-order valence-electron chi connectivity index (χ3n) is 6.15. The number of alkyl carbamates (subject to hydrolysis) is 1. The van der Waals surface area contributed by atoms with Gasteiger partial charge in [0.25, 0.3) is 0 Å². The van der Waals surface area contributed by atoms with Crippen LogP contribution in [0.2, 0.25) is 0 Å². The summed E-state index contributed by atoms with van der Waals surface area (Å²) in [7, 11) is 0. The number of benzene rings is 3. The van der Waals surface area contributed by atoms with Crippen LogP contribution in [-0.4, -0.2) is 36.3 Å². The van der Waals surface area contributed by atoms with E-state index in [4.69, 9.17) is 14.2 Å². The number of amides is 2. The highest BCUT2D eigenvalue weighted by Gasteiger charge is 2.27. The lowest BCUT2D eigenvalue weighted by Crippen LogP contribution is -2.52. The van der Waals surface area contributed by atoms with Gasteiger partial charge in [-0.1, -0.05) is 86.6 Å². The molecule has 0 fully saturated rings. The summed E-state index contributed by atoms with van der Waals surface area (Å²) in [6, 6.07) is 26.8. The fourth-order valence-corrected chi connectivity index (χ4v) is 4.25. The van der Waals surface area contributed by atoms with Gasteiger partial charge in [0.05, 0.1) is 19.3 Å². The van der Waals surface area contributed by atoms with Gasteiger partial charge >= 0.3 is 6.09 Å². The highest BCUT2D eigenvalue weighted by atomic mass is 16.6. The van der Waals surface area contributed by atoms with Crippen LogP contribution in [0.1, 0.15) is 57.7 Å². The van der Waals surface area contributed by atoms with Gasteiger partial charge < -0.3 is 24.8 Å². The Morgan fingerprint density at radius 2 is 1.34 bits per heavy atom. The molecule has 0 unspecified atom stereocenters. The minimum atomic E-state index is -0.727. The largest absolute Gasteiger partial charge is 0.489 e. The van der Waals surface area contributed by atoms with E-state index in [1.165, 1.54) is 0 Å². The second-order valence-corrected chi connectivity index (χ2v) is 11.7. The zero-order valence-corrected chi connectivity index (χ0v) is 24.9. The van der Waals surface area contributed by atoms with Crippen LogP contribution in [-0.2, 0) is 33.9 Å². The number of hydrogen-bond donors (Lipinski definition) is 2. The molecule has 0 aromatic heterocycles. The van der Waals surface area contributed by atoms with Gasteiger partial charge in [0.1, 0.15) is 24.0 Å². The number of hydrogen-bond acceptors (Lipinski definition) is 5. The van der Waals surface area contributed by atoms with Crippen molar-refractivity contribution in [3.05, 3.63) is 102 Å². The Hall–Kier alpha value is -3.84. The average Bonchev–Trinajstić information content (AvgIpc) is 2.92. The highest BCUT2D eigenvalue weighted by Crippen LogP contribution is 2.16. The van der Waals surface area contributed by atoms with Gasteiger partial charge in [-0.25, -0.2) is 4.79 Å². The Morgan fingerprint density at radius 3 is 1.90 bits per heavy atom. The molecule has 0 bridgehead atoms. The van der Waals surface area contributed by atoms with Gasteiger partial charge in [-0.2, -0.15) is 0 Å². The summed E-state index contributed by atoms with van der Waals surface area (Å²) in [5, 5.41) is 5.88. The lowest BCUT2D eigenvalue weighted by Gasteiger charge is -2.26. The van der Waals surface area contributed by atoms with Gasteiger partial charge in [-0.05, 0) is 68.4 Å². The van der Waals surface area contributed by atoms with Crippen LogP contribution in [0.15, 0.2) is 84.9 Å². The first-order valence-electron chi connectivity index (χ1n) is 14.2. The molecule has 3 aromatic carbocycles. The molecule has 2 N–H and O–H groups in total. The highest BCUT2D eigenvalue weighted by molar-refractivity contribution is 5.86. The Labute approximate surface area is 244 Å². The summed E-state index contributed by atoms with van der Waals surface area (Å²) in [4.78, 5) is 25.9. The zero-order valence-electron chi connectivity index (χ0n) is 24.9. The maximum atomic E-state index is 13.4. The van der Waals surface area contributed by atoms with E-state index in [2.05, 4.69) is 10.6 Å². The first-order valence-corrected chi connectivity index (χ1v) is 14.2. The Morgan fingerprint density at radius 1 is 0.756 bits per heavy atom. The summed E-state index contributed by atoms with van der Waals surface area (Å²) >= 11 is 0. The van der Waals surface area contributed by atoms with E-state index < -0.39 is 17.7 Å². The van der Waals surface area contributed by atoms with Crippen molar-refractivity contribution in [2.75, 3.05) is 6.61 Å². The Balaban J connectivity index is 1.66. The van der Waals surface area contributed by atoms with Crippen LogP contribution in [0.4, 0.5) is 4.79 Å². The fraction of sp³-hybridized carbons (Fsp3) is 0.412. The number of carbonyl (C=O) groups excluding carboxylic acids is 2. The third kappa shape index (κ3) is 12.5. The molecular weight excluding hydrogens is 516 g/mol. The van der Waals surface area contributed by atoms with E-state index in [9.17, 15) is 9.59 Å². The molecule has 7 nitrogen and oxygen atoms in total. The number of nitrogens with one attached hydrogen (secondary N) is 2. The average molecular weight is 561 g/mol. The molecule has 0 heterocycles. The first kappa shape index (κ1) is 31.7. The molecular formula is C34H44N2O5. The van der Waals surface area contributed by atoms with E-state index in [0.29, 0.717) is 32.7 Å². The van der Waals surface area contributed by atoms with Crippen molar-refractivity contribution in [2.24, 2.45) is 5.92 Å². The topological polar surface area (TPSA) is 85.9 Å². The predicted octanol–water partition coefficient (Wildman–Crippen LogP) is 6.45. The smallest absolute Gasteiger partial charge is 0.408 e. The van der Waals surface area contributed by atoms with E-state index in [0.717, 1.165) is 22.4 Å². The summed E-state index contributed by atoms with van der Waals surface area (Å²) in [6.07, 6.45) is 0.428. The molecule has 7 heteroatoms. The Kier molecular flexibility index (Phi) is 12.2. The quantitative estimate of drug-likeness (QED) is 0.237. The zero-order chi connectivity index (χ0) is 29.7. The molecule has 41 heavy (non-hydrogen) atoms. The molecule has 2 atom stereocenters. The van der Waals surface area contributed by atoms with Crippen LogP contribution in [0.3, 0.4) is 0 Å². The van der Waals surface area contributed by atoms with E-state index in [1.807, 2.05) is 98.8 Å². The molecule has 0 aliphatic carbocycles. The molecule has 0 saturated carbocycles. The number of carbonyl (C=O) groups is 2.